The summed E-state index contributed by atoms with van der Waals surface area (Å²) >= 11 is 3.51. The van der Waals surface area contributed by atoms with Crippen LogP contribution in [-0.4, -0.2) is 23.6 Å². The van der Waals surface area contributed by atoms with Gasteiger partial charge >= 0.3 is 0 Å². The predicted octanol–water partition coefficient (Wildman–Crippen LogP) is 3.84. The van der Waals surface area contributed by atoms with Gasteiger partial charge in [0.25, 0.3) is 0 Å². The summed E-state index contributed by atoms with van der Waals surface area (Å²) in [5.41, 5.74) is 3.35. The Labute approximate surface area is 133 Å². The molecule has 1 N–H and O–H groups in total. The van der Waals surface area contributed by atoms with Crippen LogP contribution in [0.1, 0.15) is 24.6 Å². The summed E-state index contributed by atoms with van der Waals surface area (Å²) in [7, 11) is 1.67. The van der Waals surface area contributed by atoms with E-state index in [1.807, 2.05) is 18.2 Å². The first kappa shape index (κ1) is 14.3. The summed E-state index contributed by atoms with van der Waals surface area (Å²) < 4.78 is 6.45. The maximum atomic E-state index is 5.45. The molecule has 0 saturated heterocycles. The second-order valence-electron chi connectivity index (χ2n) is 5.05. The zero-order valence-electron chi connectivity index (χ0n) is 12.2. The van der Waals surface area contributed by atoms with Crippen molar-refractivity contribution in [2.75, 3.05) is 19.0 Å². The number of ether oxygens (including phenoxy) is 1. The fourth-order valence-corrected chi connectivity index (χ4v) is 3.08. The minimum Gasteiger partial charge on any atom is -0.496 e. The molecule has 0 fully saturated rings. The highest BCUT2D eigenvalue weighted by Gasteiger charge is 2.21. The third kappa shape index (κ3) is 2.75. The zero-order valence-corrected chi connectivity index (χ0v) is 13.8. The van der Waals surface area contributed by atoms with Gasteiger partial charge in [0.2, 0.25) is 0 Å². The van der Waals surface area contributed by atoms with Gasteiger partial charge in [-0.2, -0.15) is 0 Å². The Morgan fingerprint density at radius 3 is 2.90 bits per heavy atom. The zero-order chi connectivity index (χ0) is 14.8. The average Bonchev–Trinajstić information content (AvgIpc) is 2.96. The fraction of sp³-hybridized carbons (Fsp3) is 0.375. The van der Waals surface area contributed by atoms with E-state index in [4.69, 9.17) is 14.7 Å². The summed E-state index contributed by atoms with van der Waals surface area (Å²) in [6.45, 7) is 2.95. The number of hydrogen-bond donors (Lipinski definition) is 1. The highest BCUT2D eigenvalue weighted by Crippen LogP contribution is 2.34. The third-order valence-corrected chi connectivity index (χ3v) is 4.17. The molecule has 0 bridgehead atoms. The van der Waals surface area contributed by atoms with Gasteiger partial charge < -0.3 is 10.1 Å². The molecular formula is C16H18BrN3O. The quantitative estimate of drug-likeness (QED) is 0.912. The minimum atomic E-state index is 0.727. The topological polar surface area (TPSA) is 47.0 Å². The van der Waals surface area contributed by atoms with Gasteiger partial charge in [0.1, 0.15) is 11.6 Å². The summed E-state index contributed by atoms with van der Waals surface area (Å²) in [6.07, 6.45) is 3.24. The summed E-state index contributed by atoms with van der Waals surface area (Å²) in [4.78, 5) is 9.50. The molecule has 0 radical (unpaired) electrons. The van der Waals surface area contributed by atoms with Crippen LogP contribution in [0.2, 0.25) is 0 Å². The molecule has 1 aliphatic carbocycles. The van der Waals surface area contributed by atoms with E-state index >= 15 is 0 Å². The van der Waals surface area contributed by atoms with Gasteiger partial charge in [-0.05, 0) is 44.4 Å². The van der Waals surface area contributed by atoms with E-state index < -0.39 is 0 Å². The maximum Gasteiger partial charge on any atom is 0.165 e. The minimum absolute atomic E-state index is 0.727. The van der Waals surface area contributed by atoms with E-state index in [9.17, 15) is 0 Å². The first-order chi connectivity index (χ1) is 10.2. The van der Waals surface area contributed by atoms with E-state index in [-0.39, 0.29) is 0 Å². The Morgan fingerprint density at radius 2 is 2.14 bits per heavy atom. The fourth-order valence-electron chi connectivity index (χ4n) is 2.72. The molecule has 21 heavy (non-hydrogen) atoms. The number of aryl methyl sites for hydroxylation is 1. The van der Waals surface area contributed by atoms with Gasteiger partial charge in [0, 0.05) is 22.3 Å². The molecule has 3 rings (SSSR count). The number of halogens is 1. The Morgan fingerprint density at radius 1 is 1.29 bits per heavy atom. The molecule has 1 aromatic heterocycles. The molecule has 0 atom stereocenters. The molecule has 0 aliphatic heterocycles. The first-order valence-electron chi connectivity index (χ1n) is 7.20. The van der Waals surface area contributed by atoms with Crippen LogP contribution < -0.4 is 10.1 Å². The van der Waals surface area contributed by atoms with Crippen LogP contribution in [0.25, 0.3) is 11.4 Å². The van der Waals surface area contributed by atoms with E-state index in [2.05, 4.69) is 28.2 Å². The highest BCUT2D eigenvalue weighted by molar-refractivity contribution is 9.10. The molecule has 0 amide bonds. The number of benzene rings is 1. The van der Waals surface area contributed by atoms with Crippen molar-refractivity contribution in [3.05, 3.63) is 33.9 Å². The van der Waals surface area contributed by atoms with Gasteiger partial charge in [0.15, 0.2) is 5.82 Å². The lowest BCUT2D eigenvalue weighted by atomic mass is 10.1. The average molecular weight is 348 g/mol. The van der Waals surface area contributed by atoms with Crippen molar-refractivity contribution in [2.24, 2.45) is 0 Å². The van der Waals surface area contributed by atoms with Gasteiger partial charge in [-0.25, -0.2) is 9.97 Å². The van der Waals surface area contributed by atoms with Crippen LogP contribution in [0.3, 0.4) is 0 Å². The van der Waals surface area contributed by atoms with Gasteiger partial charge in [-0.1, -0.05) is 15.9 Å². The lowest BCUT2D eigenvalue weighted by Crippen LogP contribution is -2.07. The Hall–Kier alpha value is -1.62. The monoisotopic (exact) mass is 347 g/mol. The number of aromatic nitrogens is 2. The standard InChI is InChI=1S/C16H18BrN3O/c1-3-18-15-11-5-4-6-13(11)19-16(20-15)12-9-10(17)7-8-14(12)21-2/h7-9H,3-6H2,1-2H3,(H,18,19,20). The van der Waals surface area contributed by atoms with Crippen LogP contribution in [0.4, 0.5) is 5.82 Å². The molecule has 0 unspecified atom stereocenters. The predicted molar refractivity (Wildman–Crippen MR) is 87.9 cm³/mol. The lowest BCUT2D eigenvalue weighted by Gasteiger charge is -2.13. The van der Waals surface area contributed by atoms with Crippen LogP contribution >= 0.6 is 15.9 Å². The Kier molecular flexibility index (Phi) is 4.10. The smallest absolute Gasteiger partial charge is 0.165 e. The van der Waals surface area contributed by atoms with Crippen LogP contribution in [-0.2, 0) is 12.8 Å². The number of nitrogens with one attached hydrogen (secondary N) is 1. The number of anilines is 1. The van der Waals surface area contributed by atoms with Crippen LogP contribution in [0.15, 0.2) is 22.7 Å². The largest absolute Gasteiger partial charge is 0.496 e. The van der Waals surface area contributed by atoms with E-state index in [1.165, 1.54) is 5.56 Å². The molecule has 1 heterocycles. The Balaban J connectivity index is 2.15. The third-order valence-electron chi connectivity index (χ3n) is 3.68. The van der Waals surface area contributed by atoms with Crippen molar-refractivity contribution in [3.8, 4) is 17.1 Å². The first-order valence-corrected chi connectivity index (χ1v) is 7.99. The second-order valence-corrected chi connectivity index (χ2v) is 5.97. The molecule has 2 aromatic rings. The van der Waals surface area contributed by atoms with E-state index in [0.29, 0.717) is 0 Å². The normalized spacial score (nSPS) is 13.1. The lowest BCUT2D eigenvalue weighted by molar-refractivity contribution is 0.416. The SMILES string of the molecule is CCNc1nc(-c2cc(Br)ccc2OC)nc2c1CCC2. The van der Waals surface area contributed by atoms with Crippen LogP contribution in [0.5, 0.6) is 5.75 Å². The van der Waals surface area contributed by atoms with Gasteiger partial charge in [-0.3, -0.25) is 0 Å². The number of rotatable bonds is 4. The van der Waals surface area contributed by atoms with E-state index in [1.54, 1.807) is 7.11 Å². The number of methoxy groups -OCH3 is 1. The molecule has 0 saturated carbocycles. The van der Waals surface area contributed by atoms with E-state index in [0.717, 1.165) is 58.9 Å². The molecule has 110 valence electrons. The number of nitrogens with zero attached hydrogens (tertiary/aromatic N) is 2. The van der Waals surface area contributed by atoms with Crippen molar-refractivity contribution in [2.45, 2.75) is 26.2 Å². The maximum absolute atomic E-state index is 5.45. The van der Waals surface area contributed by atoms with Crippen molar-refractivity contribution in [1.29, 1.82) is 0 Å². The molecule has 0 spiro atoms. The second kappa shape index (κ2) is 6.02. The van der Waals surface area contributed by atoms with Crippen molar-refractivity contribution in [3.63, 3.8) is 0 Å². The summed E-state index contributed by atoms with van der Waals surface area (Å²) in [6, 6.07) is 5.90. The van der Waals surface area contributed by atoms with Gasteiger partial charge in [0.05, 0.1) is 12.7 Å². The van der Waals surface area contributed by atoms with Crippen molar-refractivity contribution in [1.82, 2.24) is 9.97 Å². The van der Waals surface area contributed by atoms with Crippen molar-refractivity contribution >= 4 is 21.7 Å². The van der Waals surface area contributed by atoms with Gasteiger partial charge in [-0.15, -0.1) is 0 Å². The van der Waals surface area contributed by atoms with Crippen molar-refractivity contribution < 1.29 is 4.74 Å². The molecule has 5 heteroatoms. The number of hydrogen-bond acceptors (Lipinski definition) is 4. The van der Waals surface area contributed by atoms with Crippen LogP contribution in [0, 0.1) is 0 Å². The molecular weight excluding hydrogens is 330 g/mol. The summed E-state index contributed by atoms with van der Waals surface area (Å²) in [5, 5.41) is 3.37. The summed E-state index contributed by atoms with van der Waals surface area (Å²) in [5.74, 6) is 2.49. The molecule has 4 nitrogen and oxygen atoms in total. The Bertz CT molecular complexity index is 673. The highest BCUT2D eigenvalue weighted by atomic mass is 79.9. The number of fused-ring (bicyclic) bond motifs is 1. The molecule has 1 aromatic carbocycles. The molecule has 1 aliphatic rings.